The smallest absolute Gasteiger partial charge is 0.170 e. The zero-order valence-corrected chi connectivity index (χ0v) is 8.65. The minimum absolute atomic E-state index is 0.0774. The third kappa shape index (κ3) is 2.19. The number of amidine groups is 1. The molecule has 2 heterocycles. The monoisotopic (exact) mass is 223 g/mol. The van der Waals surface area contributed by atoms with Crippen molar-refractivity contribution in [3.63, 3.8) is 0 Å². The van der Waals surface area contributed by atoms with E-state index in [1.165, 1.54) is 0 Å². The Hall–Kier alpha value is -1.89. The highest BCUT2D eigenvalue weighted by molar-refractivity contribution is 5.85. The second-order valence-corrected chi connectivity index (χ2v) is 3.41. The zero-order valence-electron chi connectivity index (χ0n) is 8.65. The van der Waals surface area contributed by atoms with Crippen molar-refractivity contribution in [2.24, 2.45) is 10.9 Å². The summed E-state index contributed by atoms with van der Waals surface area (Å²) in [7, 11) is 0. The number of hydrogen-bond donors (Lipinski definition) is 2. The number of morpholine rings is 1. The van der Waals surface area contributed by atoms with Crippen LogP contribution in [0.3, 0.4) is 0 Å². The number of aromatic nitrogens is 2. The fraction of sp³-hybridized carbons (Fsp3) is 0.444. The molecule has 0 aromatic carbocycles. The molecule has 16 heavy (non-hydrogen) atoms. The van der Waals surface area contributed by atoms with E-state index < -0.39 is 6.10 Å². The van der Waals surface area contributed by atoms with Crippen LogP contribution in [-0.2, 0) is 4.74 Å². The molecule has 2 rings (SSSR count). The summed E-state index contributed by atoms with van der Waals surface area (Å²) < 4.78 is 5.38. The zero-order chi connectivity index (χ0) is 11.4. The van der Waals surface area contributed by atoms with Gasteiger partial charge in [-0.2, -0.15) is 5.10 Å². The molecule has 0 amide bonds. The standard InChI is InChI=1S/C9H13N5O2/c10-9(13-15)7-6-14(4-5-16-7)8-2-1-3-11-12-8/h1-3,7,15H,4-6H2,(H2,10,13). The molecular formula is C9H13N5O2. The number of oxime groups is 1. The summed E-state index contributed by atoms with van der Waals surface area (Å²) in [6.45, 7) is 1.74. The summed E-state index contributed by atoms with van der Waals surface area (Å²) in [5.74, 6) is 0.843. The van der Waals surface area contributed by atoms with Crippen molar-refractivity contribution in [3.8, 4) is 0 Å². The van der Waals surface area contributed by atoms with Gasteiger partial charge in [0, 0.05) is 12.7 Å². The molecule has 1 unspecified atom stereocenters. The summed E-state index contributed by atoms with van der Waals surface area (Å²) in [4.78, 5) is 1.99. The molecule has 1 aromatic rings. The molecule has 1 fully saturated rings. The largest absolute Gasteiger partial charge is 0.409 e. The molecule has 0 bridgehead atoms. The molecular weight excluding hydrogens is 210 g/mol. The molecule has 3 N–H and O–H groups in total. The van der Waals surface area contributed by atoms with E-state index in [1.807, 2.05) is 17.0 Å². The minimum atomic E-state index is -0.402. The highest BCUT2D eigenvalue weighted by atomic mass is 16.5. The average molecular weight is 223 g/mol. The van der Waals surface area contributed by atoms with Crippen molar-refractivity contribution < 1.29 is 9.94 Å². The van der Waals surface area contributed by atoms with Crippen molar-refractivity contribution in [3.05, 3.63) is 18.3 Å². The third-order valence-corrected chi connectivity index (χ3v) is 2.39. The summed E-state index contributed by atoms with van der Waals surface area (Å²) in [6, 6.07) is 3.68. The van der Waals surface area contributed by atoms with Crippen molar-refractivity contribution in [2.75, 3.05) is 24.6 Å². The van der Waals surface area contributed by atoms with Gasteiger partial charge in [0.1, 0.15) is 6.10 Å². The molecule has 1 aliphatic heterocycles. The van der Waals surface area contributed by atoms with Crippen LogP contribution in [0.5, 0.6) is 0 Å². The van der Waals surface area contributed by atoms with Crippen molar-refractivity contribution >= 4 is 11.7 Å². The van der Waals surface area contributed by atoms with Crippen LogP contribution in [0.1, 0.15) is 0 Å². The Bertz CT molecular complexity index is 369. The van der Waals surface area contributed by atoms with Gasteiger partial charge >= 0.3 is 0 Å². The lowest BCUT2D eigenvalue weighted by atomic mass is 10.2. The normalized spacial score (nSPS) is 22.1. The lowest BCUT2D eigenvalue weighted by Gasteiger charge is -2.32. The summed E-state index contributed by atoms with van der Waals surface area (Å²) in [5, 5.41) is 19.3. The molecule has 0 saturated carbocycles. The molecule has 1 aliphatic rings. The molecule has 7 nitrogen and oxygen atoms in total. The van der Waals surface area contributed by atoms with Gasteiger partial charge in [0.2, 0.25) is 0 Å². The fourth-order valence-electron chi connectivity index (χ4n) is 1.56. The number of nitrogens with zero attached hydrogens (tertiary/aromatic N) is 4. The predicted octanol–water partition coefficient (Wildman–Crippen LogP) is -0.572. The van der Waals surface area contributed by atoms with Gasteiger partial charge in [-0.15, -0.1) is 5.10 Å². The lowest BCUT2D eigenvalue weighted by Crippen LogP contribution is -2.48. The number of anilines is 1. The van der Waals surface area contributed by atoms with Gasteiger partial charge < -0.3 is 20.6 Å². The number of nitrogens with two attached hydrogens (primary N) is 1. The first-order valence-corrected chi connectivity index (χ1v) is 4.93. The van der Waals surface area contributed by atoms with Crippen LogP contribution in [0, 0.1) is 0 Å². The predicted molar refractivity (Wildman–Crippen MR) is 57.4 cm³/mol. The first kappa shape index (κ1) is 10.6. The molecule has 0 spiro atoms. The van der Waals surface area contributed by atoms with E-state index in [0.29, 0.717) is 19.7 Å². The van der Waals surface area contributed by atoms with Crippen molar-refractivity contribution in [1.29, 1.82) is 0 Å². The Morgan fingerprint density at radius 2 is 2.56 bits per heavy atom. The first-order chi connectivity index (χ1) is 7.81. The van der Waals surface area contributed by atoms with Crippen LogP contribution >= 0.6 is 0 Å². The fourth-order valence-corrected chi connectivity index (χ4v) is 1.56. The van der Waals surface area contributed by atoms with Crippen molar-refractivity contribution in [1.82, 2.24) is 10.2 Å². The average Bonchev–Trinajstić information content (AvgIpc) is 2.39. The maximum atomic E-state index is 8.58. The Kier molecular flexibility index (Phi) is 3.16. The van der Waals surface area contributed by atoms with Gasteiger partial charge in [0.05, 0.1) is 13.2 Å². The van der Waals surface area contributed by atoms with Crippen LogP contribution in [0.2, 0.25) is 0 Å². The van der Waals surface area contributed by atoms with Gasteiger partial charge in [-0.1, -0.05) is 5.16 Å². The number of hydrogen-bond acceptors (Lipinski definition) is 6. The molecule has 7 heteroatoms. The summed E-state index contributed by atoms with van der Waals surface area (Å²) >= 11 is 0. The van der Waals surface area contributed by atoms with E-state index in [0.717, 1.165) is 5.82 Å². The van der Waals surface area contributed by atoms with Crippen molar-refractivity contribution in [2.45, 2.75) is 6.10 Å². The Morgan fingerprint density at radius 3 is 3.25 bits per heavy atom. The Labute approximate surface area is 92.5 Å². The minimum Gasteiger partial charge on any atom is -0.409 e. The molecule has 0 aliphatic carbocycles. The van der Waals surface area contributed by atoms with E-state index in [1.54, 1.807) is 6.20 Å². The van der Waals surface area contributed by atoms with Gasteiger partial charge in [-0.3, -0.25) is 0 Å². The van der Waals surface area contributed by atoms with E-state index in [4.69, 9.17) is 15.7 Å². The van der Waals surface area contributed by atoms with E-state index in [-0.39, 0.29) is 5.84 Å². The SMILES string of the molecule is NC(=NO)C1CN(c2cccnn2)CCO1. The van der Waals surface area contributed by atoms with E-state index in [9.17, 15) is 0 Å². The maximum Gasteiger partial charge on any atom is 0.170 e. The molecule has 0 radical (unpaired) electrons. The molecule has 1 atom stereocenters. The highest BCUT2D eigenvalue weighted by Crippen LogP contribution is 2.13. The Morgan fingerprint density at radius 1 is 1.69 bits per heavy atom. The number of rotatable bonds is 2. The van der Waals surface area contributed by atoms with Crippen LogP contribution in [0.15, 0.2) is 23.5 Å². The molecule has 1 aromatic heterocycles. The summed E-state index contributed by atoms with van der Waals surface area (Å²) in [5.41, 5.74) is 5.50. The van der Waals surface area contributed by atoms with E-state index in [2.05, 4.69) is 15.4 Å². The second kappa shape index (κ2) is 4.75. The molecule has 86 valence electrons. The summed E-state index contributed by atoms with van der Waals surface area (Å²) in [6.07, 6.45) is 1.21. The lowest BCUT2D eigenvalue weighted by molar-refractivity contribution is 0.0803. The van der Waals surface area contributed by atoms with Crippen LogP contribution in [0.4, 0.5) is 5.82 Å². The quantitative estimate of drug-likeness (QED) is 0.301. The first-order valence-electron chi connectivity index (χ1n) is 4.93. The van der Waals surface area contributed by atoms with Gasteiger partial charge in [0.25, 0.3) is 0 Å². The van der Waals surface area contributed by atoms with Gasteiger partial charge in [0.15, 0.2) is 11.7 Å². The third-order valence-electron chi connectivity index (χ3n) is 2.39. The topological polar surface area (TPSA) is 96.9 Å². The Balaban J connectivity index is 2.08. The van der Waals surface area contributed by atoms with Gasteiger partial charge in [-0.25, -0.2) is 0 Å². The molecule has 1 saturated heterocycles. The highest BCUT2D eigenvalue weighted by Gasteiger charge is 2.24. The van der Waals surface area contributed by atoms with E-state index >= 15 is 0 Å². The van der Waals surface area contributed by atoms with Crippen LogP contribution < -0.4 is 10.6 Å². The van der Waals surface area contributed by atoms with Gasteiger partial charge in [-0.05, 0) is 12.1 Å². The maximum absolute atomic E-state index is 8.58. The van der Waals surface area contributed by atoms with Crippen LogP contribution in [0.25, 0.3) is 0 Å². The second-order valence-electron chi connectivity index (χ2n) is 3.41. The number of ether oxygens (including phenoxy) is 1. The van der Waals surface area contributed by atoms with Crippen LogP contribution in [-0.4, -0.2) is 47.0 Å².